The number of aliphatic hydroxyl groups is 4. The normalized spacial score (nSPS) is 34.0. The monoisotopic (exact) mass is 1310 g/mol. The fourth-order valence-corrected chi connectivity index (χ4v) is 12.7. The molecule has 24 nitrogen and oxygen atoms in total. The van der Waals surface area contributed by atoms with Crippen LogP contribution in [0.2, 0.25) is 0 Å². The summed E-state index contributed by atoms with van der Waals surface area (Å²) in [6.07, 6.45) is 7.11. The van der Waals surface area contributed by atoms with Gasteiger partial charge in [0.1, 0.15) is 30.5 Å². The lowest BCUT2D eigenvalue weighted by molar-refractivity contribution is -0.265. The molecule has 24 heteroatoms. The summed E-state index contributed by atoms with van der Waals surface area (Å²) < 4.78 is 63.5. The van der Waals surface area contributed by atoms with E-state index in [0.29, 0.717) is 170 Å². The number of ether oxygens (including phenoxy) is 11. The first-order valence-corrected chi connectivity index (χ1v) is 33.8. The third kappa shape index (κ3) is 25.5. The van der Waals surface area contributed by atoms with Crippen LogP contribution < -0.4 is 5.73 Å². The Morgan fingerprint density at radius 1 is 0.696 bits per heavy atom. The number of hydrogen-bond donors (Lipinski definition) is 5. The lowest BCUT2D eigenvalue weighted by atomic mass is 9.80. The number of nitrogens with two attached hydrogens (primary N) is 1. The number of aliphatic hydroxyl groups excluding tert-OH is 3. The summed E-state index contributed by atoms with van der Waals surface area (Å²) in [5.74, 6) is -8.30. The van der Waals surface area contributed by atoms with Crippen molar-refractivity contribution in [1.82, 2.24) is 14.7 Å². The van der Waals surface area contributed by atoms with Crippen LogP contribution in [0.25, 0.3) is 0 Å². The van der Waals surface area contributed by atoms with Gasteiger partial charge in [-0.25, -0.2) is 9.59 Å². The van der Waals surface area contributed by atoms with Gasteiger partial charge in [0.2, 0.25) is 5.79 Å². The number of amides is 2. The van der Waals surface area contributed by atoms with Crippen LogP contribution in [0.5, 0.6) is 0 Å². The summed E-state index contributed by atoms with van der Waals surface area (Å²) in [5, 5.41) is 46.5. The van der Waals surface area contributed by atoms with E-state index >= 15 is 0 Å². The molecule has 1 saturated carbocycles. The molecule has 0 radical (unpaired) electrons. The average Bonchev–Trinajstić information content (AvgIpc) is 1.04. The molecule has 5 rings (SSSR count). The second-order valence-corrected chi connectivity index (χ2v) is 25.7. The molecule has 0 aromatic rings. The smallest absolute Gasteiger partial charge is 0.410 e. The van der Waals surface area contributed by atoms with Crippen molar-refractivity contribution in [1.29, 1.82) is 0 Å². The van der Waals surface area contributed by atoms with Crippen LogP contribution in [0.4, 0.5) is 4.79 Å². The number of Topliss-reactive ketones (excluding diaryl/α,β-unsaturated/α-hetero) is 2. The van der Waals surface area contributed by atoms with Crippen molar-refractivity contribution in [2.24, 2.45) is 35.3 Å². The average molecular weight is 1310 g/mol. The van der Waals surface area contributed by atoms with E-state index in [0.717, 1.165) is 10.5 Å². The minimum atomic E-state index is -2.48. The molecule has 0 unspecified atom stereocenters. The van der Waals surface area contributed by atoms with E-state index in [9.17, 15) is 44.4 Å². The summed E-state index contributed by atoms with van der Waals surface area (Å²) in [6, 6.07) is -2.10. The van der Waals surface area contributed by atoms with Gasteiger partial charge in [-0.05, 0) is 108 Å². The maximum atomic E-state index is 14.7. The van der Waals surface area contributed by atoms with Crippen molar-refractivity contribution in [3.05, 3.63) is 47.6 Å². The fraction of sp³-hybridized carbons (Fsp3) is 0.809. The first-order chi connectivity index (χ1) is 44.1. The lowest BCUT2D eigenvalue weighted by Gasteiger charge is -2.43. The Morgan fingerprint density at radius 3 is 1.95 bits per heavy atom. The van der Waals surface area contributed by atoms with Crippen molar-refractivity contribution in [2.45, 2.75) is 192 Å². The number of cyclic esters (lactones) is 1. The van der Waals surface area contributed by atoms with Crippen LogP contribution in [0.15, 0.2) is 47.6 Å². The Bertz CT molecular complexity index is 2330. The van der Waals surface area contributed by atoms with Crippen molar-refractivity contribution in [3.63, 3.8) is 0 Å². The number of hydrogen-bond acceptors (Lipinski definition) is 22. The van der Waals surface area contributed by atoms with Crippen molar-refractivity contribution >= 4 is 29.5 Å². The van der Waals surface area contributed by atoms with Crippen LogP contribution in [0.1, 0.15) is 126 Å². The van der Waals surface area contributed by atoms with E-state index in [1.165, 1.54) is 0 Å². The highest BCUT2D eigenvalue weighted by molar-refractivity contribution is 6.39. The summed E-state index contributed by atoms with van der Waals surface area (Å²) in [4.78, 5) is 75.8. The molecular weight excluding hydrogens is 1190 g/mol. The third-order valence-corrected chi connectivity index (χ3v) is 18.6. The van der Waals surface area contributed by atoms with E-state index in [1.807, 2.05) is 51.2 Å². The van der Waals surface area contributed by atoms with E-state index in [2.05, 4.69) is 4.90 Å². The van der Waals surface area contributed by atoms with Gasteiger partial charge in [-0.3, -0.25) is 19.3 Å². The molecule has 3 saturated heterocycles. The van der Waals surface area contributed by atoms with Gasteiger partial charge < -0.3 is 88.1 Å². The van der Waals surface area contributed by atoms with Gasteiger partial charge in [-0.1, -0.05) is 64.2 Å². The number of carbonyl (C=O) groups is 5. The summed E-state index contributed by atoms with van der Waals surface area (Å²) >= 11 is 0. The number of esters is 1. The van der Waals surface area contributed by atoms with Gasteiger partial charge in [0, 0.05) is 96.7 Å². The molecular formula is C68H114N4O20. The van der Waals surface area contributed by atoms with Gasteiger partial charge in [-0.15, -0.1) is 0 Å². The predicted octanol–water partition coefficient (Wildman–Crippen LogP) is 4.89. The summed E-state index contributed by atoms with van der Waals surface area (Å²) in [7, 11) is 3.13. The highest BCUT2D eigenvalue weighted by Gasteiger charge is 2.53. The van der Waals surface area contributed by atoms with E-state index in [4.69, 9.17) is 57.8 Å². The van der Waals surface area contributed by atoms with Gasteiger partial charge in [-0.2, -0.15) is 0 Å². The van der Waals surface area contributed by atoms with Gasteiger partial charge in [0.25, 0.3) is 11.7 Å². The zero-order valence-electron chi connectivity index (χ0n) is 56.6. The molecule has 0 spiro atoms. The van der Waals surface area contributed by atoms with Gasteiger partial charge in [0.05, 0.1) is 97.1 Å². The molecule has 1 aliphatic carbocycles. The van der Waals surface area contributed by atoms with Gasteiger partial charge >= 0.3 is 12.1 Å². The van der Waals surface area contributed by atoms with Crippen LogP contribution in [-0.4, -0.2) is 264 Å². The third-order valence-electron chi connectivity index (χ3n) is 18.6. The fourth-order valence-electron chi connectivity index (χ4n) is 12.7. The molecule has 16 atom stereocenters. The molecule has 2 bridgehead atoms. The molecule has 4 aliphatic heterocycles. The summed E-state index contributed by atoms with van der Waals surface area (Å²) in [5.41, 5.74) is 8.17. The number of fused-ring (bicyclic) bond motifs is 3. The van der Waals surface area contributed by atoms with Crippen LogP contribution in [-0.2, 0) is 71.3 Å². The molecule has 0 aromatic heterocycles. The second-order valence-electron chi connectivity index (χ2n) is 25.7. The standard InChI is InChI=1S/C68H114N4O20/c1-10-84-30-31-86-34-35-88-38-39-89-37-36-87-33-32-85-29-28-70-24-26-71(27-25-70)67(80)91-57-22-20-52(43-60(57)83-9)42-54(69)59-45-56(73)48(4)41-50(6)62(75)63(76)61(74)49(5)40-46(2)16-12-11-13-17-47(3)58(82-8)44-53-21-19-51(7)68(81,92-53)64(77)65(78)72-23-15-14-18-55(72)66(79)90-59/h11-13,16-17,41,46,48-49,51-60,62-63,73,75-76,81H,10,14-15,18-40,42-45,69H2,1-9H3/b13-11+,16-12+,47-17+,50-41+/t46-,48-,49-,51-,52+,53+,54-,55+,56-,57-,58+,59+,60-,62-,63+,68-/m1/s1. The Kier molecular flexibility index (Phi) is 35.7. The number of piperidine rings is 1. The zero-order chi connectivity index (χ0) is 67.2. The maximum absolute atomic E-state index is 14.7. The van der Waals surface area contributed by atoms with Gasteiger partial charge in [0.15, 0.2) is 5.78 Å². The number of carbonyl (C=O) groups excluding carboxylic acids is 5. The SMILES string of the molecule is CCOCCOCCOCCOCCOCCOCCN1CCN(C(=O)O[C@@H]2CC[C@@H](C[C@@H](N)[C@@H]3C[C@@H](O)[C@H](C)/C=C(\C)[C@@H](O)[C@@H](O)C(=O)[C@H](C)C[C@H](C)/C=C/C=C/C=C(\C)[C@@H](OC)C[C@@H]4CC[C@@H](C)[C@@](O)(O4)C(=O)C(=O)N4CCCC[C@H]4C(=O)O3)C[C@H]2OC)CC1. The molecule has 4 fully saturated rings. The quantitative estimate of drug-likeness (QED) is 0.0352. The molecule has 6 N–H and O–H groups in total. The molecule has 2 amide bonds. The highest BCUT2D eigenvalue weighted by Crippen LogP contribution is 2.38. The minimum Gasteiger partial charge on any atom is -0.459 e. The van der Waals surface area contributed by atoms with Crippen LogP contribution >= 0.6 is 0 Å². The van der Waals surface area contributed by atoms with Crippen LogP contribution in [0, 0.1) is 29.6 Å². The number of piperazine rings is 1. The first-order valence-electron chi connectivity index (χ1n) is 33.8. The Labute approximate surface area is 546 Å². The molecule has 526 valence electrons. The second kappa shape index (κ2) is 41.8. The number of methoxy groups -OCH3 is 2. The maximum Gasteiger partial charge on any atom is 0.410 e. The zero-order valence-corrected chi connectivity index (χ0v) is 56.6. The largest absolute Gasteiger partial charge is 0.459 e. The Balaban J connectivity index is 1.19. The molecule has 0 aromatic carbocycles. The van der Waals surface area contributed by atoms with E-state index in [1.54, 1.807) is 52.9 Å². The lowest BCUT2D eigenvalue weighted by Crippen LogP contribution is -2.61. The Hall–Kier alpha value is -4.09. The predicted molar refractivity (Wildman–Crippen MR) is 343 cm³/mol. The topological polar surface area (TPSA) is 304 Å². The molecule has 92 heavy (non-hydrogen) atoms. The van der Waals surface area contributed by atoms with Crippen molar-refractivity contribution in [3.8, 4) is 0 Å². The molecule has 4 heterocycles. The van der Waals surface area contributed by atoms with Crippen molar-refractivity contribution < 1.29 is 96.5 Å². The van der Waals surface area contributed by atoms with Crippen molar-refractivity contribution in [2.75, 3.05) is 133 Å². The number of nitrogens with zero attached hydrogens (tertiary/aromatic N) is 3. The van der Waals surface area contributed by atoms with E-state index in [-0.39, 0.29) is 43.2 Å². The van der Waals surface area contributed by atoms with Crippen LogP contribution in [0.3, 0.4) is 0 Å². The molecule has 5 aliphatic rings. The first kappa shape index (κ1) is 78.6. The minimum absolute atomic E-state index is 0.0328. The van der Waals surface area contributed by atoms with E-state index < -0.39 is 114 Å². The number of rotatable bonds is 25. The summed E-state index contributed by atoms with van der Waals surface area (Å²) in [6.45, 7) is 21.6. The Morgan fingerprint density at radius 2 is 1.33 bits per heavy atom. The number of allylic oxidation sites excluding steroid dienone is 5. The number of ketones is 2. The highest BCUT2D eigenvalue weighted by atomic mass is 16.6.